The van der Waals surface area contributed by atoms with Gasteiger partial charge in [0.25, 0.3) is 0 Å². The molecular weight excluding hydrogens is 304 g/mol. The van der Waals surface area contributed by atoms with Gasteiger partial charge in [0.15, 0.2) is 0 Å². The van der Waals surface area contributed by atoms with E-state index in [1.54, 1.807) is 0 Å². The van der Waals surface area contributed by atoms with Crippen molar-refractivity contribution in [2.24, 2.45) is 41.4 Å². The highest BCUT2D eigenvalue weighted by atomic mass is 16.7. The molecule has 4 fully saturated rings. The minimum absolute atomic E-state index is 0.0299. The van der Waals surface area contributed by atoms with Crippen LogP contribution < -0.4 is 0 Å². The van der Waals surface area contributed by atoms with Crippen LogP contribution in [0.5, 0.6) is 0 Å². The predicted molar refractivity (Wildman–Crippen MR) is 90.1 cm³/mol. The molecule has 0 amide bonds. The van der Waals surface area contributed by atoms with Gasteiger partial charge in [-0.15, -0.1) is 0 Å². The Bertz CT molecular complexity index is 459. The van der Waals surface area contributed by atoms with E-state index in [0.717, 1.165) is 35.5 Å². The Balaban J connectivity index is 1.33. The van der Waals surface area contributed by atoms with Crippen molar-refractivity contribution >= 4 is 5.97 Å². The zero-order chi connectivity index (χ0) is 16.7. The molecule has 1 heterocycles. The molecule has 8 unspecified atom stereocenters. The fourth-order valence-electron chi connectivity index (χ4n) is 6.69. The van der Waals surface area contributed by atoms with Crippen molar-refractivity contribution < 1.29 is 19.0 Å². The predicted octanol–water partition coefficient (Wildman–Crippen LogP) is 3.64. The Labute approximate surface area is 145 Å². The van der Waals surface area contributed by atoms with Crippen LogP contribution in [0.3, 0.4) is 0 Å². The smallest absolute Gasteiger partial charge is 0.306 e. The molecular formula is C20H32O4. The van der Waals surface area contributed by atoms with E-state index in [1.807, 2.05) is 0 Å². The molecule has 0 radical (unpaired) electrons. The first-order chi connectivity index (χ1) is 11.7. The summed E-state index contributed by atoms with van der Waals surface area (Å²) < 4.78 is 15.9. The molecule has 0 aromatic carbocycles. The quantitative estimate of drug-likeness (QED) is 0.695. The van der Waals surface area contributed by atoms with Gasteiger partial charge < -0.3 is 14.2 Å². The van der Waals surface area contributed by atoms with Crippen LogP contribution in [0.4, 0.5) is 0 Å². The summed E-state index contributed by atoms with van der Waals surface area (Å²) in [6, 6.07) is 0. The third kappa shape index (κ3) is 2.90. The summed E-state index contributed by atoms with van der Waals surface area (Å²) in [4.78, 5) is 12.3. The highest BCUT2D eigenvalue weighted by Gasteiger charge is 2.59. The normalized spacial score (nSPS) is 46.4. The summed E-state index contributed by atoms with van der Waals surface area (Å²) in [7, 11) is 0. The van der Waals surface area contributed by atoms with Crippen LogP contribution in [0.1, 0.15) is 52.4 Å². The molecule has 0 aromatic rings. The molecule has 0 aromatic heterocycles. The van der Waals surface area contributed by atoms with Crippen molar-refractivity contribution in [3.8, 4) is 0 Å². The van der Waals surface area contributed by atoms with E-state index in [-0.39, 0.29) is 12.1 Å². The van der Waals surface area contributed by atoms with Gasteiger partial charge >= 0.3 is 5.97 Å². The Morgan fingerprint density at radius 3 is 2.54 bits per heavy atom. The third-order valence-electron chi connectivity index (χ3n) is 7.56. The van der Waals surface area contributed by atoms with Crippen LogP contribution in [0, 0.1) is 41.4 Å². The summed E-state index contributed by atoms with van der Waals surface area (Å²) in [5.41, 5.74) is 0. The number of carbonyl (C=O) groups excluding carboxylic acids is 1. The first-order valence-electron chi connectivity index (χ1n) is 10.1. The van der Waals surface area contributed by atoms with E-state index in [0.29, 0.717) is 32.3 Å². The molecule has 4 nitrogen and oxygen atoms in total. The van der Waals surface area contributed by atoms with Crippen LogP contribution in [0.15, 0.2) is 0 Å². The highest BCUT2D eigenvalue weighted by Crippen LogP contribution is 2.66. The van der Waals surface area contributed by atoms with Crippen LogP contribution >= 0.6 is 0 Å². The van der Waals surface area contributed by atoms with Gasteiger partial charge in [0.05, 0.1) is 6.61 Å². The molecule has 3 saturated carbocycles. The molecule has 1 saturated heterocycles. The number of carbonyl (C=O) groups is 1. The average Bonchev–Trinajstić information content (AvgIpc) is 3.33. The van der Waals surface area contributed by atoms with Crippen LogP contribution in [-0.2, 0) is 19.0 Å². The molecule has 4 aliphatic rings. The first kappa shape index (κ1) is 16.8. The van der Waals surface area contributed by atoms with Gasteiger partial charge in [-0.25, -0.2) is 0 Å². The maximum atomic E-state index is 12.3. The summed E-state index contributed by atoms with van der Waals surface area (Å²) >= 11 is 0. The lowest BCUT2D eigenvalue weighted by Gasteiger charge is -2.35. The second kappa shape index (κ2) is 6.95. The maximum Gasteiger partial charge on any atom is 0.306 e. The van der Waals surface area contributed by atoms with Gasteiger partial charge in [0, 0.05) is 6.42 Å². The molecule has 136 valence electrons. The molecule has 24 heavy (non-hydrogen) atoms. The van der Waals surface area contributed by atoms with Crippen LogP contribution in [-0.4, -0.2) is 32.1 Å². The molecule has 8 atom stereocenters. The first-order valence-corrected chi connectivity index (χ1v) is 10.1. The van der Waals surface area contributed by atoms with Gasteiger partial charge in [-0.1, -0.05) is 26.7 Å². The lowest BCUT2D eigenvalue weighted by molar-refractivity contribution is -0.148. The molecule has 4 heteroatoms. The van der Waals surface area contributed by atoms with Gasteiger partial charge in [-0.2, -0.15) is 0 Å². The van der Waals surface area contributed by atoms with Crippen LogP contribution in [0.25, 0.3) is 0 Å². The molecule has 4 rings (SSSR count). The van der Waals surface area contributed by atoms with E-state index in [1.165, 1.54) is 32.1 Å². The SMILES string of the molecule is CCC1CC(CC)C2C3CC(CC3CC(=O)OCC3COCO3)C12. The van der Waals surface area contributed by atoms with E-state index in [2.05, 4.69) is 13.8 Å². The standard InChI is InChI=1S/C20H32O4/c1-3-12-5-13(4-2)20-17-7-15(19(12)20)6-14(17)8-18(21)23-10-16-9-22-11-24-16/h12-17,19-20H,3-11H2,1-2H3. The monoisotopic (exact) mass is 336 g/mol. The van der Waals surface area contributed by atoms with Gasteiger partial charge in [0.2, 0.25) is 0 Å². The van der Waals surface area contributed by atoms with Crippen molar-refractivity contribution in [3.63, 3.8) is 0 Å². The number of rotatable bonds is 6. The topological polar surface area (TPSA) is 44.8 Å². The maximum absolute atomic E-state index is 12.3. The van der Waals surface area contributed by atoms with Gasteiger partial charge in [-0.3, -0.25) is 4.79 Å². The number of esters is 1. The molecule has 1 aliphatic heterocycles. The molecule has 0 spiro atoms. The Morgan fingerprint density at radius 1 is 1.04 bits per heavy atom. The third-order valence-corrected chi connectivity index (χ3v) is 7.56. The lowest BCUT2D eigenvalue weighted by Crippen LogP contribution is -2.31. The summed E-state index contributed by atoms with van der Waals surface area (Å²) in [6.07, 6.45) is 7.28. The van der Waals surface area contributed by atoms with E-state index in [9.17, 15) is 4.79 Å². The van der Waals surface area contributed by atoms with Crippen molar-refractivity contribution in [1.29, 1.82) is 0 Å². The zero-order valence-electron chi connectivity index (χ0n) is 15.1. The van der Waals surface area contributed by atoms with Gasteiger partial charge in [-0.05, 0) is 60.7 Å². The number of ether oxygens (including phenoxy) is 3. The number of hydrogen-bond donors (Lipinski definition) is 0. The molecule has 0 N–H and O–H groups in total. The second-order valence-electron chi connectivity index (χ2n) is 8.55. The summed E-state index contributed by atoms with van der Waals surface area (Å²) in [5, 5.41) is 0. The van der Waals surface area contributed by atoms with E-state index in [4.69, 9.17) is 14.2 Å². The zero-order valence-corrected chi connectivity index (χ0v) is 15.1. The minimum atomic E-state index is -0.0667. The lowest BCUT2D eigenvalue weighted by atomic mass is 9.70. The van der Waals surface area contributed by atoms with E-state index < -0.39 is 0 Å². The molecule has 2 bridgehead atoms. The largest absolute Gasteiger partial charge is 0.463 e. The fourth-order valence-corrected chi connectivity index (χ4v) is 6.69. The number of fused-ring (bicyclic) bond motifs is 5. The van der Waals surface area contributed by atoms with E-state index >= 15 is 0 Å². The summed E-state index contributed by atoms with van der Waals surface area (Å²) in [5.74, 6) is 5.89. The van der Waals surface area contributed by atoms with Crippen molar-refractivity contribution in [3.05, 3.63) is 0 Å². The average molecular weight is 336 g/mol. The summed E-state index contributed by atoms with van der Waals surface area (Å²) in [6.45, 7) is 5.95. The van der Waals surface area contributed by atoms with Gasteiger partial charge in [0.1, 0.15) is 19.5 Å². The second-order valence-corrected chi connectivity index (χ2v) is 8.55. The minimum Gasteiger partial charge on any atom is -0.463 e. The Kier molecular flexibility index (Phi) is 4.88. The number of hydrogen-bond acceptors (Lipinski definition) is 4. The Morgan fingerprint density at radius 2 is 1.83 bits per heavy atom. The molecule has 3 aliphatic carbocycles. The van der Waals surface area contributed by atoms with Crippen LogP contribution in [0.2, 0.25) is 0 Å². The van der Waals surface area contributed by atoms with Crippen molar-refractivity contribution in [1.82, 2.24) is 0 Å². The van der Waals surface area contributed by atoms with Crippen molar-refractivity contribution in [2.75, 3.05) is 20.0 Å². The fraction of sp³-hybridized carbons (Fsp3) is 0.950. The van der Waals surface area contributed by atoms with Crippen molar-refractivity contribution in [2.45, 2.75) is 58.5 Å². The Hall–Kier alpha value is -0.610. The highest BCUT2D eigenvalue weighted by molar-refractivity contribution is 5.69.